The van der Waals surface area contributed by atoms with Gasteiger partial charge >= 0.3 is 0 Å². The largest absolute Gasteiger partial charge is 0.374 e. The molecule has 2 unspecified atom stereocenters. The first kappa shape index (κ1) is 15.5. The minimum absolute atomic E-state index is 0.0729. The number of aromatic nitrogens is 2. The third-order valence-corrected chi connectivity index (χ3v) is 3.77. The van der Waals surface area contributed by atoms with Gasteiger partial charge in [-0.1, -0.05) is 20.8 Å². The van der Waals surface area contributed by atoms with Gasteiger partial charge in [0.2, 0.25) is 0 Å². The average molecular weight is 280 g/mol. The Hall–Kier alpha value is -0.910. The molecule has 0 amide bonds. The van der Waals surface area contributed by atoms with Crippen LogP contribution in [0.4, 0.5) is 0 Å². The van der Waals surface area contributed by atoms with Crippen molar-refractivity contribution in [3.05, 3.63) is 17.5 Å². The lowest BCUT2D eigenvalue weighted by molar-refractivity contribution is -0.0404. The molecule has 1 aliphatic heterocycles. The van der Waals surface area contributed by atoms with E-state index in [1.54, 1.807) is 0 Å². The van der Waals surface area contributed by atoms with E-state index in [0.29, 0.717) is 0 Å². The Morgan fingerprint density at radius 3 is 2.80 bits per heavy atom. The summed E-state index contributed by atoms with van der Waals surface area (Å²) in [7, 11) is 1.99. The van der Waals surface area contributed by atoms with Crippen molar-refractivity contribution in [2.75, 3.05) is 19.7 Å². The molecule has 20 heavy (non-hydrogen) atoms. The van der Waals surface area contributed by atoms with E-state index in [-0.39, 0.29) is 17.6 Å². The lowest BCUT2D eigenvalue weighted by Crippen LogP contribution is -2.49. The van der Waals surface area contributed by atoms with Crippen LogP contribution in [0.25, 0.3) is 0 Å². The van der Waals surface area contributed by atoms with Gasteiger partial charge in [-0.05, 0) is 6.92 Å². The zero-order valence-electron chi connectivity index (χ0n) is 13.4. The maximum Gasteiger partial charge on any atom is 0.0850 e. The highest BCUT2D eigenvalue weighted by Crippen LogP contribution is 2.25. The van der Waals surface area contributed by atoms with Crippen LogP contribution in [0.3, 0.4) is 0 Å². The highest BCUT2D eigenvalue weighted by Gasteiger charge is 2.27. The summed E-state index contributed by atoms with van der Waals surface area (Å²) in [5, 5.41) is 4.64. The number of ether oxygens (including phenoxy) is 1. The van der Waals surface area contributed by atoms with E-state index in [1.165, 1.54) is 11.3 Å². The maximum absolute atomic E-state index is 5.96. The van der Waals surface area contributed by atoms with Crippen LogP contribution in [0.2, 0.25) is 0 Å². The molecule has 1 aromatic rings. The normalized spacial score (nSPS) is 23.0. The first-order valence-electron chi connectivity index (χ1n) is 7.40. The topological polar surface area (TPSA) is 56.3 Å². The molecule has 0 saturated carbocycles. The summed E-state index contributed by atoms with van der Waals surface area (Å²) in [6.07, 6.45) is 2.27. The first-order chi connectivity index (χ1) is 9.27. The van der Waals surface area contributed by atoms with E-state index in [2.05, 4.69) is 37.0 Å². The molecule has 2 heterocycles. The number of hydrogen-bond acceptors (Lipinski definition) is 4. The Kier molecular flexibility index (Phi) is 4.52. The molecule has 0 bridgehead atoms. The quantitative estimate of drug-likeness (QED) is 0.906. The van der Waals surface area contributed by atoms with Crippen LogP contribution in [0.1, 0.15) is 39.0 Å². The number of rotatable bonds is 3. The van der Waals surface area contributed by atoms with Gasteiger partial charge < -0.3 is 10.5 Å². The molecule has 2 rings (SSSR count). The molecule has 2 N–H and O–H groups in total. The van der Waals surface area contributed by atoms with Gasteiger partial charge in [0.25, 0.3) is 0 Å². The van der Waals surface area contributed by atoms with Crippen LogP contribution in [0, 0.1) is 0 Å². The lowest BCUT2D eigenvalue weighted by Gasteiger charge is -2.35. The van der Waals surface area contributed by atoms with E-state index in [4.69, 9.17) is 10.5 Å². The van der Waals surface area contributed by atoms with E-state index in [0.717, 1.165) is 26.2 Å². The van der Waals surface area contributed by atoms with Gasteiger partial charge in [0.1, 0.15) is 0 Å². The highest BCUT2D eigenvalue weighted by atomic mass is 16.5. The third kappa shape index (κ3) is 3.59. The predicted octanol–water partition coefficient (Wildman–Crippen LogP) is 1.27. The number of nitrogens with zero attached hydrogens (tertiary/aromatic N) is 3. The van der Waals surface area contributed by atoms with Crippen molar-refractivity contribution in [1.29, 1.82) is 0 Å². The van der Waals surface area contributed by atoms with Crippen LogP contribution in [0.5, 0.6) is 0 Å². The van der Waals surface area contributed by atoms with E-state index >= 15 is 0 Å². The maximum atomic E-state index is 5.96. The van der Waals surface area contributed by atoms with Crippen molar-refractivity contribution < 1.29 is 4.74 Å². The summed E-state index contributed by atoms with van der Waals surface area (Å²) in [6.45, 7) is 12.2. The monoisotopic (exact) mass is 280 g/mol. The van der Waals surface area contributed by atoms with Gasteiger partial charge in [0.05, 0.1) is 18.4 Å². The molecule has 0 radical (unpaired) electrons. The minimum atomic E-state index is 0.0729. The third-order valence-electron chi connectivity index (χ3n) is 3.77. The van der Waals surface area contributed by atoms with Crippen LogP contribution in [-0.4, -0.2) is 46.5 Å². The number of nitrogens with two attached hydrogens (primary N) is 1. The van der Waals surface area contributed by atoms with E-state index in [1.807, 2.05) is 18.7 Å². The summed E-state index contributed by atoms with van der Waals surface area (Å²) >= 11 is 0. The molecular formula is C15H28N4O. The van der Waals surface area contributed by atoms with Gasteiger partial charge in [-0.25, -0.2) is 0 Å². The summed E-state index contributed by atoms with van der Waals surface area (Å²) in [5.41, 5.74) is 8.53. The van der Waals surface area contributed by atoms with Crippen molar-refractivity contribution in [1.82, 2.24) is 14.7 Å². The van der Waals surface area contributed by atoms with E-state index < -0.39 is 0 Å². The SMILES string of the molecule is CC(N)C1CN(Cc2cn(C)nc2C(C)(C)C)CCO1. The standard InChI is InChI=1S/C15H28N4O/c1-11(16)13-10-19(6-7-20-13)9-12-8-18(5)17-14(12)15(2,3)4/h8,11,13H,6-7,9-10,16H2,1-5H3. The lowest BCUT2D eigenvalue weighted by atomic mass is 9.89. The summed E-state index contributed by atoms with van der Waals surface area (Å²) < 4.78 is 7.64. The fourth-order valence-electron chi connectivity index (χ4n) is 2.72. The molecule has 114 valence electrons. The molecule has 0 spiro atoms. The van der Waals surface area contributed by atoms with E-state index in [9.17, 15) is 0 Å². The van der Waals surface area contributed by atoms with Gasteiger partial charge in [-0.15, -0.1) is 0 Å². The number of morpholine rings is 1. The predicted molar refractivity (Wildman–Crippen MR) is 80.6 cm³/mol. The Morgan fingerprint density at radius 2 is 2.20 bits per heavy atom. The first-order valence-corrected chi connectivity index (χ1v) is 7.40. The Morgan fingerprint density at radius 1 is 1.50 bits per heavy atom. The summed E-state index contributed by atoms with van der Waals surface area (Å²) in [6, 6.07) is 0.0776. The second-order valence-corrected chi connectivity index (χ2v) is 6.93. The van der Waals surface area contributed by atoms with Crippen molar-refractivity contribution in [3.8, 4) is 0 Å². The summed E-state index contributed by atoms with van der Waals surface area (Å²) in [4.78, 5) is 2.42. The van der Waals surface area contributed by atoms with Crippen molar-refractivity contribution in [2.24, 2.45) is 12.8 Å². The second-order valence-electron chi connectivity index (χ2n) is 6.93. The minimum Gasteiger partial charge on any atom is -0.374 e. The fourth-order valence-corrected chi connectivity index (χ4v) is 2.72. The van der Waals surface area contributed by atoms with Crippen LogP contribution < -0.4 is 5.73 Å². The fraction of sp³-hybridized carbons (Fsp3) is 0.800. The summed E-state index contributed by atoms with van der Waals surface area (Å²) in [5.74, 6) is 0. The van der Waals surface area contributed by atoms with Gasteiger partial charge in [-0.2, -0.15) is 5.10 Å². The zero-order valence-corrected chi connectivity index (χ0v) is 13.4. The molecule has 1 aliphatic rings. The highest BCUT2D eigenvalue weighted by molar-refractivity contribution is 5.24. The van der Waals surface area contributed by atoms with Crippen molar-refractivity contribution in [3.63, 3.8) is 0 Å². The van der Waals surface area contributed by atoms with Gasteiger partial charge in [-0.3, -0.25) is 9.58 Å². The van der Waals surface area contributed by atoms with Crippen molar-refractivity contribution >= 4 is 0 Å². The van der Waals surface area contributed by atoms with Gasteiger partial charge in [0.15, 0.2) is 0 Å². The molecule has 1 saturated heterocycles. The Bertz CT molecular complexity index is 447. The number of hydrogen-bond donors (Lipinski definition) is 1. The van der Waals surface area contributed by atoms with Crippen LogP contribution in [0.15, 0.2) is 6.20 Å². The van der Waals surface area contributed by atoms with Gasteiger partial charge in [0, 0.05) is 49.9 Å². The molecule has 2 atom stereocenters. The Labute approximate surface area is 122 Å². The second kappa shape index (κ2) is 5.84. The molecule has 1 fully saturated rings. The zero-order chi connectivity index (χ0) is 14.9. The molecule has 1 aromatic heterocycles. The molecule has 5 nitrogen and oxygen atoms in total. The average Bonchev–Trinajstić information content (AvgIpc) is 2.70. The molecular weight excluding hydrogens is 252 g/mol. The van der Waals surface area contributed by atoms with Crippen molar-refractivity contribution in [2.45, 2.75) is 51.8 Å². The smallest absolute Gasteiger partial charge is 0.0850 e. The molecule has 0 aromatic carbocycles. The van der Waals surface area contributed by atoms with Crippen LogP contribution in [-0.2, 0) is 23.7 Å². The molecule has 5 heteroatoms. The number of aryl methyl sites for hydroxylation is 1. The Balaban J connectivity index is 2.10. The van der Waals surface area contributed by atoms with Crippen LogP contribution >= 0.6 is 0 Å². The molecule has 0 aliphatic carbocycles.